The van der Waals surface area contributed by atoms with Crippen LogP contribution in [0.4, 0.5) is 0 Å². The minimum Gasteiger partial charge on any atom is -0.465 e. The molecule has 0 aromatic heterocycles. The number of unbranched alkanes of at least 4 members (excludes halogenated alkanes) is 9. The molecule has 0 aromatic rings. The van der Waals surface area contributed by atoms with Crippen LogP contribution < -0.4 is 0 Å². The third-order valence-corrected chi connectivity index (χ3v) is 4.75. The van der Waals surface area contributed by atoms with Crippen LogP contribution in [0, 0.1) is 5.41 Å². The van der Waals surface area contributed by atoms with Crippen molar-refractivity contribution in [2.45, 2.75) is 84.0 Å². The van der Waals surface area contributed by atoms with E-state index in [1.54, 1.807) is 0 Å². The van der Waals surface area contributed by atoms with Crippen LogP contribution in [0.3, 0.4) is 0 Å². The number of hydrogen-bond donors (Lipinski definition) is 3. The van der Waals surface area contributed by atoms with Gasteiger partial charge in [-0.3, -0.25) is 4.79 Å². The number of aliphatic hydroxyl groups excluding tert-OH is 3. The summed E-state index contributed by atoms with van der Waals surface area (Å²) in [5.41, 5.74) is -0.702. The van der Waals surface area contributed by atoms with E-state index in [1.807, 2.05) is 6.92 Å². The molecule has 144 valence electrons. The highest BCUT2D eigenvalue weighted by molar-refractivity contribution is 5.69. The average molecular weight is 347 g/mol. The van der Waals surface area contributed by atoms with Gasteiger partial charge in [0.15, 0.2) is 0 Å². The van der Waals surface area contributed by atoms with E-state index in [4.69, 9.17) is 9.84 Å². The molecule has 0 spiro atoms. The maximum atomic E-state index is 11.7. The third kappa shape index (κ3) is 11.8. The third-order valence-electron chi connectivity index (χ3n) is 4.75. The van der Waals surface area contributed by atoms with Crippen LogP contribution in [0.15, 0.2) is 0 Å². The predicted molar refractivity (Wildman–Crippen MR) is 95.7 cm³/mol. The van der Waals surface area contributed by atoms with E-state index >= 15 is 0 Å². The minimum atomic E-state index is -0.702. The zero-order valence-corrected chi connectivity index (χ0v) is 15.5. The molecular weight excluding hydrogens is 308 g/mol. The molecule has 0 bridgehead atoms. The molecule has 0 saturated carbocycles. The van der Waals surface area contributed by atoms with E-state index in [9.17, 15) is 15.0 Å². The van der Waals surface area contributed by atoms with Crippen LogP contribution in [0.5, 0.6) is 0 Å². The van der Waals surface area contributed by atoms with Gasteiger partial charge >= 0.3 is 5.97 Å². The molecule has 0 aliphatic rings. The van der Waals surface area contributed by atoms with Gasteiger partial charge in [0.1, 0.15) is 6.61 Å². The first-order chi connectivity index (χ1) is 11.6. The van der Waals surface area contributed by atoms with Gasteiger partial charge in [0, 0.05) is 13.0 Å². The van der Waals surface area contributed by atoms with Crippen molar-refractivity contribution in [2.75, 3.05) is 26.4 Å². The molecule has 0 atom stereocenters. The first-order valence-corrected chi connectivity index (χ1v) is 9.62. The Kier molecular flexibility index (Phi) is 15.4. The van der Waals surface area contributed by atoms with Gasteiger partial charge in [-0.1, -0.05) is 58.3 Å². The lowest BCUT2D eigenvalue weighted by molar-refractivity contribution is -0.149. The van der Waals surface area contributed by atoms with Gasteiger partial charge in [-0.05, 0) is 19.3 Å². The highest BCUT2D eigenvalue weighted by atomic mass is 16.5. The average Bonchev–Trinajstić information content (AvgIpc) is 2.61. The molecule has 3 N–H and O–H groups in total. The molecule has 5 heteroatoms. The zero-order chi connectivity index (χ0) is 18.1. The highest BCUT2D eigenvalue weighted by Gasteiger charge is 2.28. The van der Waals surface area contributed by atoms with Crippen molar-refractivity contribution in [2.24, 2.45) is 5.41 Å². The Morgan fingerprint density at radius 3 is 1.67 bits per heavy atom. The van der Waals surface area contributed by atoms with Crippen LogP contribution in [-0.2, 0) is 9.53 Å². The van der Waals surface area contributed by atoms with Crippen LogP contribution in [0.1, 0.15) is 84.0 Å². The van der Waals surface area contributed by atoms with Gasteiger partial charge in [0.05, 0.1) is 18.6 Å². The van der Waals surface area contributed by atoms with Gasteiger partial charge in [-0.15, -0.1) is 0 Å². The normalized spacial score (nSPS) is 11.7. The molecule has 5 nitrogen and oxygen atoms in total. The summed E-state index contributed by atoms with van der Waals surface area (Å²) in [6, 6.07) is 0. The molecule has 0 aliphatic carbocycles. The lowest BCUT2D eigenvalue weighted by Crippen LogP contribution is -2.35. The Bertz CT molecular complexity index is 281. The van der Waals surface area contributed by atoms with Crippen molar-refractivity contribution < 1.29 is 24.9 Å². The number of ether oxygens (including phenoxy) is 1. The molecule has 0 amide bonds. The molecular formula is C19H38O5. The van der Waals surface area contributed by atoms with Crippen molar-refractivity contribution in [1.29, 1.82) is 0 Å². The molecule has 0 aliphatic heterocycles. The lowest BCUT2D eigenvalue weighted by atomic mass is 9.88. The summed E-state index contributed by atoms with van der Waals surface area (Å²) < 4.78 is 5.20. The summed E-state index contributed by atoms with van der Waals surface area (Å²) >= 11 is 0. The minimum absolute atomic E-state index is 0.0889. The van der Waals surface area contributed by atoms with Crippen molar-refractivity contribution in [3.8, 4) is 0 Å². The van der Waals surface area contributed by atoms with Crippen LogP contribution >= 0.6 is 0 Å². The van der Waals surface area contributed by atoms with Gasteiger partial charge in [-0.25, -0.2) is 0 Å². The van der Waals surface area contributed by atoms with E-state index in [-0.39, 0.29) is 25.8 Å². The fourth-order valence-corrected chi connectivity index (χ4v) is 2.57. The van der Waals surface area contributed by atoms with E-state index in [0.29, 0.717) is 19.4 Å². The SMILES string of the molecule is CCC(CO)(CO)COC(=O)CCCCCCCCCCCCO. The maximum absolute atomic E-state index is 11.7. The molecule has 0 radical (unpaired) electrons. The van der Waals surface area contributed by atoms with E-state index in [1.165, 1.54) is 32.1 Å². The number of carbonyl (C=O) groups is 1. The van der Waals surface area contributed by atoms with Crippen molar-refractivity contribution in [3.63, 3.8) is 0 Å². The summed E-state index contributed by atoms with van der Waals surface area (Å²) in [4.78, 5) is 11.7. The highest BCUT2D eigenvalue weighted by Crippen LogP contribution is 2.21. The smallest absolute Gasteiger partial charge is 0.305 e. The molecule has 0 aromatic carbocycles. The van der Waals surface area contributed by atoms with Crippen molar-refractivity contribution >= 4 is 5.97 Å². The fraction of sp³-hybridized carbons (Fsp3) is 0.947. The largest absolute Gasteiger partial charge is 0.465 e. The first kappa shape index (κ1) is 23.4. The topological polar surface area (TPSA) is 87.0 Å². The van der Waals surface area contributed by atoms with Crippen molar-refractivity contribution in [1.82, 2.24) is 0 Å². The summed E-state index contributed by atoms with van der Waals surface area (Å²) in [6.45, 7) is 1.92. The molecule has 0 unspecified atom stereocenters. The Labute approximate surface area is 147 Å². The number of rotatable bonds is 17. The molecule has 0 rings (SSSR count). The summed E-state index contributed by atoms with van der Waals surface area (Å²) in [5, 5.41) is 27.3. The van der Waals surface area contributed by atoms with E-state index < -0.39 is 5.41 Å². The number of carbonyl (C=O) groups excluding carboxylic acids is 1. The van der Waals surface area contributed by atoms with Crippen LogP contribution in [0.2, 0.25) is 0 Å². The Balaban J connectivity index is 3.46. The van der Waals surface area contributed by atoms with Gasteiger partial charge < -0.3 is 20.1 Å². The first-order valence-electron chi connectivity index (χ1n) is 9.62. The summed E-state index contributed by atoms with van der Waals surface area (Å²) in [7, 11) is 0. The number of hydrogen-bond acceptors (Lipinski definition) is 5. The Morgan fingerprint density at radius 1 is 0.792 bits per heavy atom. The van der Waals surface area contributed by atoms with Crippen molar-refractivity contribution in [3.05, 3.63) is 0 Å². The van der Waals surface area contributed by atoms with E-state index in [2.05, 4.69) is 0 Å². The molecule has 0 saturated heterocycles. The Morgan fingerprint density at radius 2 is 1.25 bits per heavy atom. The van der Waals surface area contributed by atoms with Gasteiger partial charge in [0.25, 0.3) is 0 Å². The molecule has 0 heterocycles. The summed E-state index contributed by atoms with van der Waals surface area (Å²) in [6.07, 6.45) is 12.3. The molecule has 24 heavy (non-hydrogen) atoms. The second-order valence-corrected chi connectivity index (χ2v) is 6.84. The Hall–Kier alpha value is -0.650. The second kappa shape index (κ2) is 15.9. The fourth-order valence-electron chi connectivity index (χ4n) is 2.57. The van der Waals surface area contributed by atoms with Crippen LogP contribution in [-0.4, -0.2) is 47.7 Å². The second-order valence-electron chi connectivity index (χ2n) is 6.84. The summed E-state index contributed by atoms with van der Waals surface area (Å²) in [5.74, 6) is -0.237. The number of aliphatic hydroxyl groups is 3. The lowest BCUT2D eigenvalue weighted by Gasteiger charge is -2.27. The maximum Gasteiger partial charge on any atom is 0.305 e. The van der Waals surface area contributed by atoms with E-state index in [0.717, 1.165) is 32.1 Å². The van der Waals surface area contributed by atoms with Crippen LogP contribution in [0.25, 0.3) is 0 Å². The quantitative estimate of drug-likeness (QED) is 0.278. The zero-order valence-electron chi connectivity index (χ0n) is 15.5. The van der Waals surface area contributed by atoms with Gasteiger partial charge in [0.2, 0.25) is 0 Å². The molecule has 0 fully saturated rings. The van der Waals surface area contributed by atoms with Gasteiger partial charge in [-0.2, -0.15) is 0 Å². The standard InChI is InChI=1S/C19H38O5/c1-2-19(15-21,16-22)17-24-18(23)13-11-9-7-5-3-4-6-8-10-12-14-20/h20-22H,2-17H2,1H3. The number of esters is 1. The predicted octanol–water partition coefficient (Wildman–Crippen LogP) is 3.19. The monoisotopic (exact) mass is 346 g/mol.